The molecule has 2 aromatic rings. The zero-order chi connectivity index (χ0) is 18.2. The third kappa shape index (κ3) is 6.06. The second-order valence-electron chi connectivity index (χ2n) is 5.50. The Kier molecular flexibility index (Phi) is 6.22. The molecule has 2 rings (SSSR count). The van der Waals surface area contributed by atoms with Gasteiger partial charge in [0.15, 0.2) is 0 Å². The molecule has 1 N–H and O–H groups in total. The van der Waals surface area contributed by atoms with E-state index in [9.17, 15) is 19.7 Å². The fourth-order valence-electron chi connectivity index (χ4n) is 2.07. The minimum atomic E-state index is -0.537. The minimum absolute atomic E-state index is 0.00163. The van der Waals surface area contributed by atoms with Gasteiger partial charge in [-0.2, -0.15) is 0 Å². The molecule has 7 nitrogen and oxygen atoms in total. The van der Waals surface area contributed by atoms with Crippen molar-refractivity contribution >= 4 is 23.3 Å². The highest BCUT2D eigenvalue weighted by molar-refractivity contribution is 5.92. The summed E-state index contributed by atoms with van der Waals surface area (Å²) in [6, 6.07) is 13.2. The van der Waals surface area contributed by atoms with Gasteiger partial charge in [-0.25, -0.2) is 0 Å². The van der Waals surface area contributed by atoms with Crippen molar-refractivity contribution in [3.8, 4) is 0 Å². The van der Waals surface area contributed by atoms with Gasteiger partial charge in [0.05, 0.1) is 11.3 Å². The molecule has 2 aromatic carbocycles. The second-order valence-corrected chi connectivity index (χ2v) is 5.50. The quantitative estimate of drug-likeness (QED) is 0.472. The third-order valence-electron chi connectivity index (χ3n) is 3.41. The number of ether oxygens (including phenoxy) is 1. The van der Waals surface area contributed by atoms with Crippen LogP contribution in [0.4, 0.5) is 11.4 Å². The Morgan fingerprint density at radius 3 is 2.52 bits per heavy atom. The fourth-order valence-corrected chi connectivity index (χ4v) is 2.07. The number of carbonyl (C=O) groups is 2. The summed E-state index contributed by atoms with van der Waals surface area (Å²) in [7, 11) is 0. The average molecular weight is 342 g/mol. The largest absolute Gasteiger partial charge is 0.461 e. The molecule has 0 aliphatic heterocycles. The molecule has 0 aromatic heterocycles. The molecule has 0 heterocycles. The predicted molar refractivity (Wildman–Crippen MR) is 91.9 cm³/mol. The van der Waals surface area contributed by atoms with Gasteiger partial charge in [0.25, 0.3) is 5.69 Å². The number of hydrogen-bond donors (Lipinski definition) is 1. The molecular weight excluding hydrogens is 324 g/mol. The van der Waals surface area contributed by atoms with Crippen LogP contribution in [0.5, 0.6) is 0 Å². The number of amides is 1. The maximum absolute atomic E-state index is 11.8. The summed E-state index contributed by atoms with van der Waals surface area (Å²) in [5, 5.41) is 13.4. The Hall–Kier alpha value is -3.22. The molecule has 0 aliphatic rings. The zero-order valence-electron chi connectivity index (χ0n) is 13.7. The molecule has 0 bridgehead atoms. The first kappa shape index (κ1) is 18.1. The van der Waals surface area contributed by atoms with Gasteiger partial charge in [-0.1, -0.05) is 29.8 Å². The third-order valence-corrected chi connectivity index (χ3v) is 3.41. The van der Waals surface area contributed by atoms with E-state index in [1.165, 1.54) is 18.2 Å². The SMILES string of the molecule is Cc1ccc(NC(=O)CCC(=O)OCc2cccc([N+](=O)[O-])c2)cc1. The summed E-state index contributed by atoms with van der Waals surface area (Å²) in [5.74, 6) is -0.818. The van der Waals surface area contributed by atoms with Crippen molar-refractivity contribution in [3.05, 3.63) is 69.8 Å². The van der Waals surface area contributed by atoms with Crippen molar-refractivity contribution in [3.63, 3.8) is 0 Å². The summed E-state index contributed by atoms with van der Waals surface area (Å²) in [6.07, 6.45) is -0.0612. The summed E-state index contributed by atoms with van der Waals surface area (Å²) in [4.78, 5) is 33.7. The van der Waals surface area contributed by atoms with Crippen LogP contribution in [0.3, 0.4) is 0 Å². The molecule has 0 saturated heterocycles. The number of benzene rings is 2. The number of aryl methyl sites for hydroxylation is 1. The first-order valence-corrected chi connectivity index (χ1v) is 7.69. The van der Waals surface area contributed by atoms with E-state index >= 15 is 0 Å². The van der Waals surface area contributed by atoms with Gasteiger partial charge in [-0.15, -0.1) is 0 Å². The number of carbonyl (C=O) groups excluding carboxylic acids is 2. The number of hydrogen-bond acceptors (Lipinski definition) is 5. The number of nitro groups is 1. The fraction of sp³-hybridized carbons (Fsp3) is 0.222. The van der Waals surface area contributed by atoms with Crippen LogP contribution in [0, 0.1) is 17.0 Å². The summed E-state index contributed by atoms with van der Waals surface area (Å²) in [5.41, 5.74) is 2.21. The van der Waals surface area contributed by atoms with Gasteiger partial charge in [-0.05, 0) is 24.6 Å². The minimum Gasteiger partial charge on any atom is -0.461 e. The molecule has 7 heteroatoms. The van der Waals surface area contributed by atoms with E-state index in [0.29, 0.717) is 11.3 Å². The lowest BCUT2D eigenvalue weighted by molar-refractivity contribution is -0.384. The van der Waals surface area contributed by atoms with Gasteiger partial charge in [0.2, 0.25) is 5.91 Å². The van der Waals surface area contributed by atoms with Crippen LogP contribution in [-0.4, -0.2) is 16.8 Å². The zero-order valence-corrected chi connectivity index (χ0v) is 13.7. The van der Waals surface area contributed by atoms with Gasteiger partial charge in [-0.3, -0.25) is 19.7 Å². The Morgan fingerprint density at radius 2 is 1.84 bits per heavy atom. The molecule has 0 fully saturated rings. The van der Waals surface area contributed by atoms with Crippen molar-refractivity contribution in [1.82, 2.24) is 0 Å². The molecular formula is C18H18N2O5. The van der Waals surface area contributed by atoms with Gasteiger partial charge in [0, 0.05) is 24.2 Å². The second kappa shape index (κ2) is 8.58. The number of nitro benzene ring substituents is 1. The van der Waals surface area contributed by atoms with Crippen LogP contribution >= 0.6 is 0 Å². The monoisotopic (exact) mass is 342 g/mol. The number of rotatable bonds is 7. The smallest absolute Gasteiger partial charge is 0.306 e. The number of nitrogens with zero attached hydrogens (tertiary/aromatic N) is 1. The van der Waals surface area contributed by atoms with Crippen molar-refractivity contribution in [2.24, 2.45) is 0 Å². The van der Waals surface area contributed by atoms with E-state index in [0.717, 1.165) is 5.56 Å². The maximum Gasteiger partial charge on any atom is 0.306 e. The van der Waals surface area contributed by atoms with Gasteiger partial charge >= 0.3 is 5.97 Å². The number of esters is 1. The van der Waals surface area contributed by atoms with Crippen LogP contribution in [0.15, 0.2) is 48.5 Å². The first-order chi connectivity index (χ1) is 11.9. The van der Waals surface area contributed by atoms with Crippen molar-refractivity contribution in [2.75, 3.05) is 5.32 Å². The van der Waals surface area contributed by atoms with Crippen LogP contribution in [0.1, 0.15) is 24.0 Å². The molecule has 1 amide bonds. The summed E-state index contributed by atoms with van der Waals surface area (Å²) >= 11 is 0. The highest BCUT2D eigenvalue weighted by atomic mass is 16.6. The predicted octanol–water partition coefficient (Wildman–Crippen LogP) is 3.37. The Balaban J connectivity index is 1.75. The van der Waals surface area contributed by atoms with Crippen LogP contribution in [-0.2, 0) is 20.9 Å². The summed E-state index contributed by atoms with van der Waals surface area (Å²) in [6.45, 7) is 1.88. The number of non-ortho nitro benzene ring substituents is 1. The lowest BCUT2D eigenvalue weighted by Crippen LogP contribution is -2.14. The molecule has 0 atom stereocenters. The van der Waals surface area contributed by atoms with Crippen LogP contribution < -0.4 is 5.32 Å². The van der Waals surface area contributed by atoms with Crippen molar-refractivity contribution < 1.29 is 19.2 Å². The average Bonchev–Trinajstić information content (AvgIpc) is 2.60. The molecule has 0 spiro atoms. The molecule has 130 valence electrons. The Labute approximate surface area is 144 Å². The topological polar surface area (TPSA) is 98.5 Å². The first-order valence-electron chi connectivity index (χ1n) is 7.69. The lowest BCUT2D eigenvalue weighted by Gasteiger charge is -2.06. The van der Waals surface area contributed by atoms with Crippen LogP contribution in [0.25, 0.3) is 0 Å². The molecule has 25 heavy (non-hydrogen) atoms. The highest BCUT2D eigenvalue weighted by Crippen LogP contribution is 2.14. The number of anilines is 1. The van der Waals surface area contributed by atoms with E-state index < -0.39 is 10.9 Å². The van der Waals surface area contributed by atoms with E-state index in [1.54, 1.807) is 18.2 Å². The van der Waals surface area contributed by atoms with E-state index in [4.69, 9.17) is 4.74 Å². The van der Waals surface area contributed by atoms with E-state index in [2.05, 4.69) is 5.32 Å². The molecule has 0 saturated carbocycles. The Bertz CT molecular complexity index is 771. The van der Waals surface area contributed by atoms with Crippen LogP contribution in [0.2, 0.25) is 0 Å². The Morgan fingerprint density at radius 1 is 1.12 bits per heavy atom. The molecule has 0 unspecified atom stereocenters. The standard InChI is InChI=1S/C18H18N2O5/c1-13-5-7-15(8-6-13)19-17(21)9-10-18(22)25-12-14-3-2-4-16(11-14)20(23)24/h2-8,11H,9-10,12H2,1H3,(H,19,21). The number of nitrogens with one attached hydrogen (secondary N) is 1. The van der Waals surface area contributed by atoms with E-state index in [-0.39, 0.29) is 31.0 Å². The molecule has 0 radical (unpaired) electrons. The summed E-state index contributed by atoms with van der Waals surface area (Å²) < 4.78 is 5.04. The van der Waals surface area contributed by atoms with Crippen molar-refractivity contribution in [1.29, 1.82) is 0 Å². The van der Waals surface area contributed by atoms with E-state index in [1.807, 2.05) is 19.1 Å². The maximum atomic E-state index is 11.8. The highest BCUT2D eigenvalue weighted by Gasteiger charge is 2.10. The molecule has 0 aliphatic carbocycles. The van der Waals surface area contributed by atoms with Crippen molar-refractivity contribution in [2.45, 2.75) is 26.4 Å². The van der Waals surface area contributed by atoms with Gasteiger partial charge in [0.1, 0.15) is 6.61 Å². The normalized spacial score (nSPS) is 10.1. The lowest BCUT2D eigenvalue weighted by atomic mass is 10.2. The van der Waals surface area contributed by atoms with Gasteiger partial charge < -0.3 is 10.1 Å².